The molecule has 0 aliphatic heterocycles. The lowest BCUT2D eigenvalue weighted by Crippen LogP contribution is -2.41. The van der Waals surface area contributed by atoms with Gasteiger partial charge in [-0.2, -0.15) is 8.78 Å². The van der Waals surface area contributed by atoms with Crippen molar-refractivity contribution in [1.82, 2.24) is 5.32 Å². The molecule has 7 nitrogen and oxygen atoms in total. The topological polar surface area (TPSA) is 102 Å². The summed E-state index contributed by atoms with van der Waals surface area (Å²) in [5, 5.41) is 11.3. The number of carbonyl (C=O) groups is 2. The molecule has 10 heteroatoms. The zero-order valence-corrected chi connectivity index (χ0v) is 15.6. The van der Waals surface area contributed by atoms with Crippen molar-refractivity contribution in [3.05, 3.63) is 35.4 Å². The molecule has 1 aromatic rings. The minimum absolute atomic E-state index is 0.0880. The summed E-state index contributed by atoms with van der Waals surface area (Å²) in [6, 6.07) is 3.45. The van der Waals surface area contributed by atoms with Crippen molar-refractivity contribution in [3.63, 3.8) is 0 Å². The van der Waals surface area contributed by atoms with Crippen molar-refractivity contribution in [1.29, 1.82) is 0 Å². The Balaban J connectivity index is 3.05. The van der Waals surface area contributed by atoms with E-state index in [1.165, 1.54) is 32.9 Å². The molecule has 0 fully saturated rings. The number of carboxylic acid groups (broad SMARTS) is 1. The van der Waals surface area contributed by atoms with Crippen LogP contribution >= 0.6 is 7.60 Å². The van der Waals surface area contributed by atoms with Gasteiger partial charge in [0.2, 0.25) is 5.91 Å². The molecule has 0 bridgehead atoms. The van der Waals surface area contributed by atoms with E-state index in [2.05, 4.69) is 5.32 Å². The number of carboxylic acids is 1. The Kier molecular flexibility index (Phi) is 7.87. The van der Waals surface area contributed by atoms with E-state index in [1.54, 1.807) is 0 Å². The number of benzene rings is 1. The highest BCUT2D eigenvalue weighted by molar-refractivity contribution is 7.54. The molecule has 1 amide bonds. The Morgan fingerprint density at radius 1 is 1.19 bits per heavy atom. The molecule has 1 aromatic carbocycles. The lowest BCUT2D eigenvalue weighted by Gasteiger charge is -2.26. The molecule has 0 saturated heterocycles. The zero-order chi connectivity index (χ0) is 20.0. The molecule has 0 heterocycles. The van der Waals surface area contributed by atoms with Crippen LogP contribution in [0, 0.1) is 0 Å². The Morgan fingerprint density at radius 2 is 1.69 bits per heavy atom. The average molecular weight is 393 g/mol. The third-order valence-corrected chi connectivity index (χ3v) is 5.50. The Hall–Kier alpha value is -1.83. The van der Waals surface area contributed by atoms with Gasteiger partial charge in [-0.15, -0.1) is 0 Å². The van der Waals surface area contributed by atoms with Gasteiger partial charge in [-0.25, -0.2) is 4.79 Å². The first-order valence-corrected chi connectivity index (χ1v) is 9.48. The second-order valence-electron chi connectivity index (χ2n) is 5.37. The second kappa shape index (κ2) is 9.21. The van der Waals surface area contributed by atoms with Gasteiger partial charge in [0.1, 0.15) is 6.04 Å². The molecule has 26 heavy (non-hydrogen) atoms. The van der Waals surface area contributed by atoms with Gasteiger partial charge in [-0.05, 0) is 19.4 Å². The van der Waals surface area contributed by atoms with E-state index in [1.807, 2.05) is 0 Å². The van der Waals surface area contributed by atoms with Crippen LogP contribution in [0.25, 0.3) is 0 Å². The summed E-state index contributed by atoms with van der Waals surface area (Å²) in [6.07, 6.45) is -0.0880. The smallest absolute Gasteiger partial charge is 0.404 e. The van der Waals surface area contributed by atoms with Crippen LogP contribution in [-0.4, -0.2) is 36.2 Å². The van der Waals surface area contributed by atoms with Gasteiger partial charge in [0.05, 0.1) is 13.2 Å². The van der Waals surface area contributed by atoms with Gasteiger partial charge >= 0.3 is 19.2 Å². The maximum atomic E-state index is 14.6. The fourth-order valence-electron chi connectivity index (χ4n) is 2.22. The molecule has 1 atom stereocenters. The van der Waals surface area contributed by atoms with E-state index in [0.29, 0.717) is 5.56 Å². The van der Waals surface area contributed by atoms with Crippen LogP contribution in [0.4, 0.5) is 8.78 Å². The summed E-state index contributed by atoms with van der Waals surface area (Å²) >= 11 is 0. The van der Waals surface area contributed by atoms with Crippen LogP contribution in [0.5, 0.6) is 0 Å². The lowest BCUT2D eigenvalue weighted by molar-refractivity contribution is -0.141. The molecule has 0 aliphatic carbocycles. The first kappa shape index (κ1) is 22.2. The predicted octanol–water partition coefficient (Wildman–Crippen LogP) is 3.13. The van der Waals surface area contributed by atoms with Crippen LogP contribution in [0.2, 0.25) is 0 Å². The summed E-state index contributed by atoms with van der Waals surface area (Å²) < 4.78 is 51.0. The highest BCUT2D eigenvalue weighted by Gasteiger charge is 2.54. The molecule has 146 valence electrons. The van der Waals surface area contributed by atoms with Gasteiger partial charge in [-0.1, -0.05) is 24.3 Å². The highest BCUT2D eigenvalue weighted by Crippen LogP contribution is 2.66. The van der Waals surface area contributed by atoms with E-state index in [0.717, 1.165) is 12.1 Å². The number of alkyl halides is 2. The standard InChI is InChI=1S/C16H22F2NO6P/c1-4-24-26(23,25-5-2)16(17,18)13-8-6-12(7-9-13)10-14(15(21)22)19-11(3)20/h6-9,14H,4-5,10H2,1-3H3,(H,19,20)(H,21,22)/t14-/m0/s1. The summed E-state index contributed by atoms with van der Waals surface area (Å²) in [4.78, 5) is 22.2. The van der Waals surface area contributed by atoms with E-state index >= 15 is 0 Å². The molecular formula is C16H22F2NO6P. The summed E-state index contributed by atoms with van der Waals surface area (Å²) in [6.45, 7) is 3.63. The fourth-order valence-corrected chi connectivity index (χ4v) is 3.76. The van der Waals surface area contributed by atoms with Gasteiger partial charge in [0.15, 0.2) is 0 Å². The monoisotopic (exact) mass is 393 g/mol. The molecule has 0 aliphatic rings. The predicted molar refractivity (Wildman–Crippen MR) is 90.1 cm³/mol. The molecular weight excluding hydrogens is 371 g/mol. The Morgan fingerprint density at radius 3 is 2.08 bits per heavy atom. The maximum absolute atomic E-state index is 14.6. The fraction of sp³-hybridized carbons (Fsp3) is 0.500. The van der Waals surface area contributed by atoms with E-state index < -0.39 is 36.7 Å². The van der Waals surface area contributed by atoms with E-state index in [4.69, 9.17) is 14.2 Å². The van der Waals surface area contributed by atoms with E-state index in [-0.39, 0.29) is 19.6 Å². The normalized spacial score (nSPS) is 13.3. The number of aliphatic carboxylic acids is 1. The molecule has 2 N–H and O–H groups in total. The number of halogens is 2. The molecule has 0 unspecified atom stereocenters. The summed E-state index contributed by atoms with van der Waals surface area (Å²) in [5.41, 5.74) is -4.02. The number of amides is 1. The maximum Gasteiger partial charge on any atom is 0.404 e. The highest BCUT2D eigenvalue weighted by atomic mass is 31.2. The number of carbonyl (C=O) groups excluding carboxylic acids is 1. The minimum Gasteiger partial charge on any atom is -0.480 e. The lowest BCUT2D eigenvalue weighted by atomic mass is 10.0. The number of nitrogens with one attached hydrogen (secondary N) is 1. The number of hydrogen-bond acceptors (Lipinski definition) is 5. The van der Waals surface area contributed by atoms with Crippen molar-refractivity contribution in [3.8, 4) is 0 Å². The van der Waals surface area contributed by atoms with Crippen molar-refractivity contribution in [2.24, 2.45) is 0 Å². The van der Waals surface area contributed by atoms with Gasteiger partial charge < -0.3 is 19.5 Å². The van der Waals surface area contributed by atoms with Crippen molar-refractivity contribution < 1.29 is 37.1 Å². The Labute approximate surface area is 150 Å². The van der Waals surface area contributed by atoms with Gasteiger partial charge in [-0.3, -0.25) is 9.36 Å². The Bertz CT molecular complexity index is 670. The van der Waals surface area contributed by atoms with Gasteiger partial charge in [0, 0.05) is 18.9 Å². The molecule has 1 rings (SSSR count). The van der Waals surface area contributed by atoms with Crippen LogP contribution in [-0.2, 0) is 35.3 Å². The SMILES string of the molecule is CCOP(=O)(OCC)C(F)(F)c1ccc(C[C@H](NC(C)=O)C(=O)O)cc1. The average Bonchev–Trinajstić information content (AvgIpc) is 2.54. The zero-order valence-electron chi connectivity index (χ0n) is 14.7. The van der Waals surface area contributed by atoms with Crippen molar-refractivity contribution in [2.75, 3.05) is 13.2 Å². The third-order valence-electron chi connectivity index (χ3n) is 3.36. The molecule has 0 radical (unpaired) electrons. The minimum atomic E-state index is -4.71. The van der Waals surface area contributed by atoms with E-state index in [9.17, 15) is 22.9 Å². The molecule has 0 spiro atoms. The number of rotatable bonds is 10. The first-order valence-electron chi connectivity index (χ1n) is 7.93. The molecule has 0 saturated carbocycles. The van der Waals surface area contributed by atoms with Crippen LogP contribution in [0.15, 0.2) is 24.3 Å². The van der Waals surface area contributed by atoms with Crippen molar-refractivity contribution >= 4 is 19.5 Å². The number of hydrogen-bond donors (Lipinski definition) is 2. The van der Waals surface area contributed by atoms with Crippen LogP contribution in [0.3, 0.4) is 0 Å². The second-order valence-corrected chi connectivity index (χ2v) is 7.44. The largest absolute Gasteiger partial charge is 0.480 e. The third kappa shape index (κ3) is 5.33. The summed E-state index contributed by atoms with van der Waals surface area (Å²) in [7, 11) is -4.71. The van der Waals surface area contributed by atoms with Crippen molar-refractivity contribution in [2.45, 2.75) is 38.9 Å². The van der Waals surface area contributed by atoms with Gasteiger partial charge in [0.25, 0.3) is 0 Å². The first-order chi connectivity index (χ1) is 12.1. The summed E-state index contributed by atoms with van der Waals surface area (Å²) in [5.74, 6) is -1.76. The molecule has 0 aromatic heterocycles. The quantitative estimate of drug-likeness (QED) is 0.592. The van der Waals surface area contributed by atoms with Crippen LogP contribution in [0.1, 0.15) is 31.9 Å². The van der Waals surface area contributed by atoms with Crippen LogP contribution < -0.4 is 5.32 Å².